The zero-order valence-corrected chi connectivity index (χ0v) is 69.6. The normalized spacial score (nSPS) is 14.2. The van der Waals surface area contributed by atoms with Crippen LogP contribution in [0.1, 0.15) is 440 Å². The number of ether oxygens (including phenoxy) is 4. The van der Waals surface area contributed by atoms with Crippen molar-refractivity contribution in [3.05, 3.63) is 0 Å². The molecular formula is C84H164O17P2. The zero-order chi connectivity index (χ0) is 75.8. The van der Waals surface area contributed by atoms with E-state index in [1.807, 2.05) is 0 Å². The van der Waals surface area contributed by atoms with Crippen LogP contribution in [0.2, 0.25) is 0 Å². The molecule has 0 aliphatic carbocycles. The zero-order valence-electron chi connectivity index (χ0n) is 67.8. The molecule has 0 aromatic rings. The average molecular weight is 1510 g/mol. The summed E-state index contributed by atoms with van der Waals surface area (Å²) in [6.07, 6.45) is 63.9. The Morgan fingerprint density at radius 2 is 0.495 bits per heavy atom. The molecule has 103 heavy (non-hydrogen) atoms. The predicted octanol–water partition coefficient (Wildman–Crippen LogP) is 25.3. The van der Waals surface area contributed by atoms with Gasteiger partial charge in [0.15, 0.2) is 12.2 Å². The standard InChI is InChI=1S/C84H164O17P2/c1-8-10-11-12-13-14-15-16-17-18-19-20-21-22-27-32-37-46-53-60-67-83(88)100-79(71-94-81(86)65-58-51-44-36-31-26-24-23-25-30-35-43-50-57-64-77(7)9-2)73-98-102(90,91)96-69-78(85)70-97-103(92,93)99-74-80(72-95-82(87)66-59-52-45-40-39-42-49-56-63-76(5)6)101-84(89)68-61-54-47-38-33-28-29-34-41-48-55-62-75(3)4/h75-80,85H,8-74H2,1-7H3,(H,90,91)(H,92,93)/t77?,78-,79-,80-/m1/s1. The molecule has 3 N–H and O–H groups in total. The quantitative estimate of drug-likeness (QED) is 0.0222. The van der Waals surface area contributed by atoms with Gasteiger partial charge >= 0.3 is 39.5 Å². The smallest absolute Gasteiger partial charge is 0.462 e. The molecule has 6 atom stereocenters. The third-order valence-electron chi connectivity index (χ3n) is 20.0. The Hall–Kier alpha value is -1.94. The summed E-state index contributed by atoms with van der Waals surface area (Å²) < 4.78 is 68.8. The highest BCUT2D eigenvalue weighted by Gasteiger charge is 2.30. The first kappa shape index (κ1) is 101. The van der Waals surface area contributed by atoms with E-state index < -0.39 is 97.5 Å². The highest BCUT2D eigenvalue weighted by atomic mass is 31.2. The fraction of sp³-hybridized carbons (Fsp3) is 0.952. The van der Waals surface area contributed by atoms with E-state index >= 15 is 0 Å². The SMILES string of the molecule is CCCCCCCCCCCCCCCCCCCCCCC(=O)O[C@H](COC(=O)CCCCCCCCCCCCCCCCC(C)CC)COP(=O)(O)OC[C@@H](O)COP(=O)(O)OC[C@@H](COC(=O)CCCCCCCCCCC(C)C)OC(=O)CCCCCCCCCCCCCC(C)C. The predicted molar refractivity (Wildman–Crippen MR) is 423 cm³/mol. The number of esters is 4. The lowest BCUT2D eigenvalue weighted by Gasteiger charge is -2.21. The first-order valence-corrected chi connectivity index (χ1v) is 46.4. The van der Waals surface area contributed by atoms with Crippen molar-refractivity contribution in [1.29, 1.82) is 0 Å². The number of unbranched alkanes of at least 4 members (excludes halogenated alkanes) is 49. The van der Waals surface area contributed by atoms with Gasteiger partial charge in [-0.1, -0.05) is 389 Å². The second-order valence-electron chi connectivity index (χ2n) is 31.4. The fourth-order valence-electron chi connectivity index (χ4n) is 13.0. The van der Waals surface area contributed by atoms with E-state index in [9.17, 15) is 43.2 Å². The number of carbonyl (C=O) groups excluding carboxylic acids is 4. The van der Waals surface area contributed by atoms with Crippen LogP contribution in [0.5, 0.6) is 0 Å². The van der Waals surface area contributed by atoms with Gasteiger partial charge in [-0.15, -0.1) is 0 Å². The first-order chi connectivity index (χ1) is 49.8. The largest absolute Gasteiger partial charge is 0.472 e. The number of hydrogen-bond donors (Lipinski definition) is 3. The van der Waals surface area contributed by atoms with Crippen molar-refractivity contribution in [2.24, 2.45) is 17.8 Å². The minimum absolute atomic E-state index is 0.106. The molecule has 0 rings (SSSR count). The van der Waals surface area contributed by atoms with Crippen molar-refractivity contribution in [1.82, 2.24) is 0 Å². The maximum Gasteiger partial charge on any atom is 0.472 e. The number of phosphoric ester groups is 2. The Morgan fingerprint density at radius 3 is 0.738 bits per heavy atom. The average Bonchev–Trinajstić information content (AvgIpc) is 0.909. The topological polar surface area (TPSA) is 237 Å². The van der Waals surface area contributed by atoms with Crippen molar-refractivity contribution < 1.29 is 80.2 Å². The van der Waals surface area contributed by atoms with Crippen molar-refractivity contribution in [3.8, 4) is 0 Å². The molecule has 612 valence electrons. The Labute approximate surface area is 632 Å². The van der Waals surface area contributed by atoms with Gasteiger partial charge in [-0.2, -0.15) is 0 Å². The molecule has 0 radical (unpaired) electrons. The molecule has 17 nitrogen and oxygen atoms in total. The molecule has 3 unspecified atom stereocenters. The van der Waals surface area contributed by atoms with Gasteiger partial charge in [0.2, 0.25) is 0 Å². The van der Waals surface area contributed by atoms with Crippen LogP contribution in [0, 0.1) is 17.8 Å². The van der Waals surface area contributed by atoms with E-state index in [0.29, 0.717) is 25.7 Å². The molecule has 0 spiro atoms. The summed E-state index contributed by atoms with van der Waals surface area (Å²) in [7, 11) is -9.93. The van der Waals surface area contributed by atoms with Crippen LogP contribution in [-0.2, 0) is 65.4 Å². The summed E-state index contributed by atoms with van der Waals surface area (Å²) in [6.45, 7) is 12.0. The Bertz CT molecular complexity index is 1990. The molecule has 0 aromatic carbocycles. The third-order valence-corrected chi connectivity index (χ3v) is 21.9. The molecule has 0 heterocycles. The second kappa shape index (κ2) is 74.2. The highest BCUT2D eigenvalue weighted by Crippen LogP contribution is 2.45. The van der Waals surface area contributed by atoms with Crippen LogP contribution in [0.3, 0.4) is 0 Å². The molecule has 0 aliphatic heterocycles. The van der Waals surface area contributed by atoms with Gasteiger partial charge in [0.25, 0.3) is 0 Å². The van der Waals surface area contributed by atoms with Crippen LogP contribution in [0.25, 0.3) is 0 Å². The maximum absolute atomic E-state index is 13.1. The summed E-state index contributed by atoms with van der Waals surface area (Å²) in [5.41, 5.74) is 0. The third kappa shape index (κ3) is 76.6. The first-order valence-electron chi connectivity index (χ1n) is 43.4. The lowest BCUT2D eigenvalue weighted by atomic mass is 9.99. The van der Waals surface area contributed by atoms with E-state index in [4.69, 9.17) is 37.0 Å². The number of rotatable bonds is 82. The molecule has 0 saturated carbocycles. The molecule has 0 aromatic heterocycles. The summed E-state index contributed by atoms with van der Waals surface area (Å²) in [4.78, 5) is 73.1. The van der Waals surface area contributed by atoms with Crippen molar-refractivity contribution in [2.75, 3.05) is 39.6 Å². The molecule has 0 amide bonds. The number of carbonyl (C=O) groups is 4. The number of aliphatic hydroxyl groups excluding tert-OH is 1. The highest BCUT2D eigenvalue weighted by molar-refractivity contribution is 7.47. The van der Waals surface area contributed by atoms with E-state index in [-0.39, 0.29) is 25.7 Å². The maximum atomic E-state index is 13.1. The minimum Gasteiger partial charge on any atom is -0.462 e. The number of aliphatic hydroxyl groups is 1. The van der Waals surface area contributed by atoms with E-state index in [0.717, 1.165) is 108 Å². The Morgan fingerprint density at radius 1 is 0.282 bits per heavy atom. The number of hydrogen-bond acceptors (Lipinski definition) is 15. The van der Waals surface area contributed by atoms with Gasteiger partial charge in [-0.25, -0.2) is 9.13 Å². The summed E-state index contributed by atoms with van der Waals surface area (Å²) in [6, 6.07) is 0. The molecule has 0 saturated heterocycles. The van der Waals surface area contributed by atoms with Crippen LogP contribution in [-0.4, -0.2) is 96.7 Å². The van der Waals surface area contributed by atoms with Crippen LogP contribution >= 0.6 is 15.6 Å². The molecule has 19 heteroatoms. The van der Waals surface area contributed by atoms with Gasteiger partial charge < -0.3 is 33.8 Å². The monoisotopic (exact) mass is 1510 g/mol. The van der Waals surface area contributed by atoms with E-state index in [1.54, 1.807) is 0 Å². The second-order valence-corrected chi connectivity index (χ2v) is 34.3. The summed E-state index contributed by atoms with van der Waals surface area (Å²) in [5.74, 6) is 0.234. The van der Waals surface area contributed by atoms with Gasteiger partial charge in [0, 0.05) is 25.7 Å². The molecule has 0 bridgehead atoms. The van der Waals surface area contributed by atoms with Gasteiger partial charge in [-0.05, 0) is 43.4 Å². The Balaban J connectivity index is 5.25. The molecule has 0 aliphatic rings. The molecular weight excluding hydrogens is 1340 g/mol. The van der Waals surface area contributed by atoms with Gasteiger partial charge in [0.1, 0.15) is 19.3 Å². The van der Waals surface area contributed by atoms with E-state index in [1.165, 1.54) is 250 Å². The van der Waals surface area contributed by atoms with Crippen molar-refractivity contribution in [2.45, 2.75) is 458 Å². The van der Waals surface area contributed by atoms with Crippen LogP contribution in [0.4, 0.5) is 0 Å². The number of phosphoric acid groups is 2. The van der Waals surface area contributed by atoms with Crippen molar-refractivity contribution >= 4 is 39.5 Å². The van der Waals surface area contributed by atoms with Gasteiger partial charge in [-0.3, -0.25) is 37.3 Å². The van der Waals surface area contributed by atoms with Crippen molar-refractivity contribution in [3.63, 3.8) is 0 Å². The van der Waals surface area contributed by atoms with Crippen LogP contribution in [0.15, 0.2) is 0 Å². The lowest BCUT2D eigenvalue weighted by Crippen LogP contribution is -2.30. The lowest BCUT2D eigenvalue weighted by molar-refractivity contribution is -0.161. The van der Waals surface area contributed by atoms with E-state index in [2.05, 4.69) is 48.5 Å². The summed E-state index contributed by atoms with van der Waals surface area (Å²) >= 11 is 0. The minimum atomic E-state index is -4.97. The fourth-order valence-corrected chi connectivity index (χ4v) is 14.6. The Kier molecular flexibility index (Phi) is 72.8. The summed E-state index contributed by atoms with van der Waals surface area (Å²) in [5, 5.41) is 10.7. The van der Waals surface area contributed by atoms with Gasteiger partial charge in [0.05, 0.1) is 26.4 Å². The van der Waals surface area contributed by atoms with Crippen LogP contribution < -0.4 is 0 Å². The molecule has 0 fully saturated rings.